The number of hydrogen-bond acceptors (Lipinski definition) is 3. The molecule has 142 valence electrons. The maximum absolute atomic E-state index is 12.4. The third-order valence-corrected chi connectivity index (χ3v) is 6.01. The van der Waals surface area contributed by atoms with Gasteiger partial charge in [0, 0.05) is 19.5 Å². The Morgan fingerprint density at radius 1 is 1.20 bits per heavy atom. The number of nitrogens with one attached hydrogen (secondary N) is 2. The molecule has 1 aromatic rings. The maximum Gasteiger partial charge on any atom is 0.240 e. The van der Waals surface area contributed by atoms with Gasteiger partial charge in [0.15, 0.2) is 0 Å². The van der Waals surface area contributed by atoms with E-state index in [4.69, 9.17) is 0 Å². The van der Waals surface area contributed by atoms with E-state index < -0.39 is 10.0 Å². The van der Waals surface area contributed by atoms with Crippen LogP contribution in [-0.2, 0) is 14.8 Å². The predicted molar refractivity (Wildman–Crippen MR) is 102 cm³/mol. The van der Waals surface area contributed by atoms with Gasteiger partial charge >= 0.3 is 0 Å². The summed E-state index contributed by atoms with van der Waals surface area (Å²) in [5.41, 5.74) is 1.59. The van der Waals surface area contributed by atoms with Crippen molar-refractivity contribution in [3.63, 3.8) is 0 Å². The number of unbranched alkanes of at least 4 members (excludes halogenated alkanes) is 1. The standard InChI is InChI=1S/C19H32N2O3S/c1-5-7-8-17(6-2)14-20-19(22)11-12-21-25(23,24)18-13-15(3)9-10-16(18)4/h9-10,13,17,21H,5-8,11-12,14H2,1-4H3,(H,20,22). The van der Waals surface area contributed by atoms with E-state index in [-0.39, 0.29) is 23.8 Å². The third-order valence-electron chi connectivity index (χ3n) is 4.41. The summed E-state index contributed by atoms with van der Waals surface area (Å²) in [7, 11) is -3.59. The molecule has 0 saturated carbocycles. The Balaban J connectivity index is 2.45. The van der Waals surface area contributed by atoms with Gasteiger partial charge in [-0.2, -0.15) is 0 Å². The van der Waals surface area contributed by atoms with E-state index in [9.17, 15) is 13.2 Å². The smallest absolute Gasteiger partial charge is 0.240 e. The lowest BCUT2D eigenvalue weighted by molar-refractivity contribution is -0.121. The Morgan fingerprint density at radius 2 is 1.92 bits per heavy atom. The number of amides is 1. The molecule has 0 bridgehead atoms. The van der Waals surface area contributed by atoms with Gasteiger partial charge in [0.2, 0.25) is 15.9 Å². The Bertz CT molecular complexity index is 657. The Kier molecular flexibility index (Phi) is 9.14. The van der Waals surface area contributed by atoms with Crippen LogP contribution < -0.4 is 10.0 Å². The molecule has 1 aromatic carbocycles. The summed E-state index contributed by atoms with van der Waals surface area (Å²) < 4.78 is 27.3. The van der Waals surface area contributed by atoms with E-state index in [0.29, 0.717) is 18.0 Å². The SMILES string of the molecule is CCCCC(CC)CNC(=O)CCNS(=O)(=O)c1cc(C)ccc1C. The zero-order chi connectivity index (χ0) is 18.9. The monoisotopic (exact) mass is 368 g/mol. The van der Waals surface area contributed by atoms with Crippen LogP contribution in [0.15, 0.2) is 23.1 Å². The van der Waals surface area contributed by atoms with Gasteiger partial charge in [0.25, 0.3) is 0 Å². The van der Waals surface area contributed by atoms with Crippen LogP contribution >= 0.6 is 0 Å². The predicted octanol–water partition coefficient (Wildman–Crippen LogP) is 3.30. The maximum atomic E-state index is 12.4. The molecule has 0 heterocycles. The highest BCUT2D eigenvalue weighted by Gasteiger charge is 2.17. The molecule has 0 aliphatic rings. The van der Waals surface area contributed by atoms with Gasteiger partial charge in [-0.1, -0.05) is 45.2 Å². The Morgan fingerprint density at radius 3 is 2.56 bits per heavy atom. The molecule has 1 unspecified atom stereocenters. The van der Waals surface area contributed by atoms with Gasteiger partial charge in [-0.3, -0.25) is 4.79 Å². The molecule has 0 aliphatic heterocycles. The molecule has 0 saturated heterocycles. The average Bonchev–Trinajstić information content (AvgIpc) is 2.57. The van der Waals surface area contributed by atoms with Crippen molar-refractivity contribution in [3.05, 3.63) is 29.3 Å². The summed E-state index contributed by atoms with van der Waals surface area (Å²) in [4.78, 5) is 12.2. The molecule has 0 radical (unpaired) electrons. The highest BCUT2D eigenvalue weighted by molar-refractivity contribution is 7.89. The second-order valence-electron chi connectivity index (χ2n) is 6.64. The number of benzene rings is 1. The van der Waals surface area contributed by atoms with Gasteiger partial charge < -0.3 is 5.32 Å². The molecule has 6 heteroatoms. The van der Waals surface area contributed by atoms with Crippen LogP contribution in [-0.4, -0.2) is 27.4 Å². The van der Waals surface area contributed by atoms with Crippen molar-refractivity contribution in [2.45, 2.75) is 64.7 Å². The summed E-state index contributed by atoms with van der Waals surface area (Å²) in [6, 6.07) is 5.32. The summed E-state index contributed by atoms with van der Waals surface area (Å²) >= 11 is 0. The fourth-order valence-electron chi connectivity index (χ4n) is 2.66. The Hall–Kier alpha value is -1.40. The van der Waals surface area contributed by atoms with Gasteiger partial charge in [0.1, 0.15) is 0 Å². The molecule has 0 spiro atoms. The summed E-state index contributed by atoms with van der Waals surface area (Å²) in [6.07, 6.45) is 4.63. The lowest BCUT2D eigenvalue weighted by Crippen LogP contribution is -2.33. The second-order valence-corrected chi connectivity index (χ2v) is 8.37. The number of rotatable bonds is 11. The molecule has 25 heavy (non-hydrogen) atoms. The first-order chi connectivity index (χ1) is 11.8. The van der Waals surface area contributed by atoms with Crippen molar-refractivity contribution in [3.8, 4) is 0 Å². The third kappa shape index (κ3) is 7.57. The van der Waals surface area contributed by atoms with E-state index in [1.165, 1.54) is 6.42 Å². The molecule has 1 rings (SSSR count). The van der Waals surface area contributed by atoms with Crippen LogP contribution in [0.5, 0.6) is 0 Å². The minimum Gasteiger partial charge on any atom is -0.356 e. The normalized spacial score (nSPS) is 12.8. The first-order valence-corrected chi connectivity index (χ1v) is 10.6. The van der Waals surface area contributed by atoms with E-state index in [0.717, 1.165) is 24.8 Å². The average molecular weight is 369 g/mol. The van der Waals surface area contributed by atoms with Crippen LogP contribution in [0.3, 0.4) is 0 Å². The van der Waals surface area contributed by atoms with Gasteiger partial charge in [-0.05, 0) is 43.4 Å². The van der Waals surface area contributed by atoms with Crippen molar-refractivity contribution in [2.24, 2.45) is 5.92 Å². The zero-order valence-corrected chi connectivity index (χ0v) is 16.7. The summed E-state index contributed by atoms with van der Waals surface area (Å²) in [6.45, 7) is 8.68. The van der Waals surface area contributed by atoms with Crippen molar-refractivity contribution < 1.29 is 13.2 Å². The number of sulfonamides is 1. The van der Waals surface area contributed by atoms with E-state index in [1.807, 2.05) is 13.0 Å². The number of hydrogen-bond donors (Lipinski definition) is 2. The van der Waals surface area contributed by atoms with E-state index in [2.05, 4.69) is 23.9 Å². The molecule has 0 aromatic heterocycles. The Labute approximate surface area is 152 Å². The fraction of sp³-hybridized carbons (Fsp3) is 0.632. The lowest BCUT2D eigenvalue weighted by atomic mass is 9.99. The molecular weight excluding hydrogens is 336 g/mol. The van der Waals surface area contributed by atoms with Crippen LogP contribution in [0.4, 0.5) is 0 Å². The van der Waals surface area contributed by atoms with Crippen LogP contribution in [0.1, 0.15) is 57.1 Å². The van der Waals surface area contributed by atoms with Crippen molar-refractivity contribution in [1.29, 1.82) is 0 Å². The second kappa shape index (κ2) is 10.6. The molecular formula is C19H32N2O3S. The lowest BCUT2D eigenvalue weighted by Gasteiger charge is -2.15. The first kappa shape index (κ1) is 21.6. The van der Waals surface area contributed by atoms with Gasteiger partial charge in [-0.15, -0.1) is 0 Å². The van der Waals surface area contributed by atoms with Gasteiger partial charge in [-0.25, -0.2) is 13.1 Å². The highest BCUT2D eigenvalue weighted by atomic mass is 32.2. The van der Waals surface area contributed by atoms with E-state index in [1.54, 1.807) is 19.1 Å². The quantitative estimate of drug-likeness (QED) is 0.629. The van der Waals surface area contributed by atoms with Crippen molar-refractivity contribution in [2.75, 3.05) is 13.1 Å². The number of aryl methyl sites for hydroxylation is 2. The number of carbonyl (C=O) groups excluding carboxylic acids is 1. The molecule has 1 amide bonds. The first-order valence-electron chi connectivity index (χ1n) is 9.13. The summed E-state index contributed by atoms with van der Waals surface area (Å²) in [5, 5.41) is 2.92. The number of carbonyl (C=O) groups is 1. The molecule has 2 N–H and O–H groups in total. The van der Waals surface area contributed by atoms with Crippen molar-refractivity contribution >= 4 is 15.9 Å². The topological polar surface area (TPSA) is 75.3 Å². The fourth-order valence-corrected chi connectivity index (χ4v) is 4.02. The minimum atomic E-state index is -3.59. The molecule has 5 nitrogen and oxygen atoms in total. The van der Waals surface area contributed by atoms with Gasteiger partial charge in [0.05, 0.1) is 4.90 Å². The molecule has 1 atom stereocenters. The molecule has 0 aliphatic carbocycles. The highest BCUT2D eigenvalue weighted by Crippen LogP contribution is 2.16. The van der Waals surface area contributed by atoms with Crippen LogP contribution in [0, 0.1) is 19.8 Å². The minimum absolute atomic E-state index is 0.104. The molecule has 0 fully saturated rings. The van der Waals surface area contributed by atoms with Crippen LogP contribution in [0.2, 0.25) is 0 Å². The zero-order valence-electron chi connectivity index (χ0n) is 15.9. The van der Waals surface area contributed by atoms with Crippen molar-refractivity contribution in [1.82, 2.24) is 10.0 Å². The summed E-state index contributed by atoms with van der Waals surface area (Å²) in [5.74, 6) is 0.383. The van der Waals surface area contributed by atoms with Crippen LogP contribution in [0.25, 0.3) is 0 Å². The van der Waals surface area contributed by atoms with E-state index >= 15 is 0 Å². The largest absolute Gasteiger partial charge is 0.356 e.